The Morgan fingerprint density at radius 3 is 2.74 bits per heavy atom. The normalized spacial score (nSPS) is 10.7. The third-order valence-electron chi connectivity index (χ3n) is 2.82. The van der Waals surface area contributed by atoms with Crippen LogP contribution in [0.3, 0.4) is 0 Å². The summed E-state index contributed by atoms with van der Waals surface area (Å²) in [6.45, 7) is 3.62. The molecule has 0 spiro atoms. The smallest absolute Gasteiger partial charge is 0.184 e. The minimum atomic E-state index is -0.498. The Balaban J connectivity index is 2.57. The summed E-state index contributed by atoms with van der Waals surface area (Å²) in [7, 11) is 0. The van der Waals surface area contributed by atoms with Crippen LogP contribution in [-0.2, 0) is 6.42 Å². The van der Waals surface area contributed by atoms with E-state index in [4.69, 9.17) is 11.6 Å². The van der Waals surface area contributed by atoms with E-state index in [1.165, 1.54) is 16.8 Å². The highest BCUT2D eigenvalue weighted by molar-refractivity contribution is 6.30. The van der Waals surface area contributed by atoms with Gasteiger partial charge >= 0.3 is 0 Å². The molecule has 19 heavy (non-hydrogen) atoms. The number of benzene rings is 1. The molecule has 0 unspecified atom stereocenters. The van der Waals surface area contributed by atoms with Gasteiger partial charge in [0.15, 0.2) is 11.5 Å². The van der Waals surface area contributed by atoms with Gasteiger partial charge in [-0.2, -0.15) is 0 Å². The van der Waals surface area contributed by atoms with Gasteiger partial charge in [0.2, 0.25) is 0 Å². The van der Waals surface area contributed by atoms with E-state index in [9.17, 15) is 9.18 Å². The fourth-order valence-electron chi connectivity index (χ4n) is 1.85. The molecular weight excluding hydrogens is 269 g/mol. The quantitative estimate of drug-likeness (QED) is 0.809. The predicted molar refractivity (Wildman–Crippen MR) is 70.3 cm³/mol. The highest BCUT2D eigenvalue weighted by atomic mass is 35.5. The lowest BCUT2D eigenvalue weighted by Gasteiger charge is -2.07. The van der Waals surface area contributed by atoms with Crippen molar-refractivity contribution >= 4 is 17.4 Å². The second-order valence-corrected chi connectivity index (χ2v) is 4.46. The molecule has 2 aromatic rings. The van der Waals surface area contributed by atoms with Crippen molar-refractivity contribution in [1.82, 2.24) is 15.0 Å². The summed E-state index contributed by atoms with van der Waals surface area (Å²) in [4.78, 5) is 11.7. The average molecular weight is 282 g/mol. The lowest BCUT2D eigenvalue weighted by Crippen LogP contribution is -2.07. The Labute approximate surface area is 115 Å². The molecular formula is C13H13ClFN3O. The molecule has 0 atom stereocenters. The van der Waals surface area contributed by atoms with Gasteiger partial charge < -0.3 is 0 Å². The van der Waals surface area contributed by atoms with Gasteiger partial charge in [0, 0.05) is 11.4 Å². The topological polar surface area (TPSA) is 47.8 Å². The van der Waals surface area contributed by atoms with Crippen LogP contribution in [0.1, 0.15) is 36.5 Å². The van der Waals surface area contributed by atoms with Crippen LogP contribution in [0.5, 0.6) is 0 Å². The number of carbonyl (C=O) groups excluding carboxylic acids is 1. The highest BCUT2D eigenvalue weighted by Gasteiger charge is 2.19. The first-order chi connectivity index (χ1) is 9.08. The van der Waals surface area contributed by atoms with Crippen LogP contribution in [0.2, 0.25) is 5.02 Å². The zero-order valence-electron chi connectivity index (χ0n) is 10.7. The van der Waals surface area contributed by atoms with Crippen molar-refractivity contribution in [3.63, 3.8) is 0 Å². The second-order valence-electron chi connectivity index (χ2n) is 4.02. The predicted octanol–water partition coefficient (Wildman–Crippen LogP) is 3.21. The van der Waals surface area contributed by atoms with Crippen LogP contribution in [0, 0.1) is 5.82 Å². The van der Waals surface area contributed by atoms with Crippen molar-refractivity contribution in [2.24, 2.45) is 0 Å². The maximum atomic E-state index is 13.9. The minimum Gasteiger partial charge on any atom is -0.292 e. The molecule has 0 aliphatic heterocycles. The van der Waals surface area contributed by atoms with Crippen LogP contribution < -0.4 is 0 Å². The van der Waals surface area contributed by atoms with Gasteiger partial charge in [-0.25, -0.2) is 9.07 Å². The molecule has 0 aliphatic carbocycles. The van der Waals surface area contributed by atoms with Crippen molar-refractivity contribution in [2.45, 2.75) is 26.7 Å². The van der Waals surface area contributed by atoms with Gasteiger partial charge in [0.1, 0.15) is 11.5 Å². The average Bonchev–Trinajstić information content (AvgIpc) is 2.81. The van der Waals surface area contributed by atoms with E-state index in [-0.39, 0.29) is 11.5 Å². The molecule has 4 nitrogen and oxygen atoms in total. The van der Waals surface area contributed by atoms with Crippen LogP contribution in [-0.4, -0.2) is 20.8 Å². The third kappa shape index (κ3) is 2.51. The van der Waals surface area contributed by atoms with Gasteiger partial charge in [-0.3, -0.25) is 4.79 Å². The van der Waals surface area contributed by atoms with Gasteiger partial charge in [-0.15, -0.1) is 5.10 Å². The van der Waals surface area contributed by atoms with Crippen LogP contribution >= 0.6 is 11.6 Å². The molecule has 0 amide bonds. The second kappa shape index (κ2) is 5.48. The molecule has 0 radical (unpaired) electrons. The fourth-order valence-corrected chi connectivity index (χ4v) is 2.01. The number of Topliss-reactive ketones (excluding diaryl/α,β-unsaturated/α-hetero) is 1. The largest absolute Gasteiger partial charge is 0.292 e. The van der Waals surface area contributed by atoms with Gasteiger partial charge in [0.05, 0.1) is 5.69 Å². The Morgan fingerprint density at radius 1 is 1.42 bits per heavy atom. The molecule has 0 saturated heterocycles. The molecule has 0 bridgehead atoms. The van der Waals surface area contributed by atoms with Crippen LogP contribution in [0.25, 0.3) is 5.69 Å². The Kier molecular flexibility index (Phi) is 3.95. The SMILES string of the molecule is CCC(=O)c1nnn(-c2ccc(Cl)cc2F)c1CC. The minimum absolute atomic E-state index is 0.0996. The van der Waals surface area contributed by atoms with Crippen molar-refractivity contribution in [2.75, 3.05) is 0 Å². The summed E-state index contributed by atoms with van der Waals surface area (Å²) in [5.41, 5.74) is 1.15. The summed E-state index contributed by atoms with van der Waals surface area (Å²) < 4.78 is 15.2. The van der Waals surface area contributed by atoms with Crippen molar-refractivity contribution in [1.29, 1.82) is 0 Å². The zero-order chi connectivity index (χ0) is 14.0. The molecule has 2 rings (SSSR count). The Bertz CT molecular complexity index is 624. The standard InChI is InChI=1S/C13H13ClFN3O/c1-3-10-13(12(19)4-2)16-17-18(10)11-6-5-8(14)7-9(11)15/h5-7H,3-4H2,1-2H3. The number of hydrogen-bond donors (Lipinski definition) is 0. The Hall–Kier alpha value is -1.75. The summed E-state index contributed by atoms with van der Waals surface area (Å²) in [6.07, 6.45) is 0.880. The Morgan fingerprint density at radius 2 is 2.16 bits per heavy atom. The summed E-state index contributed by atoms with van der Waals surface area (Å²) in [6, 6.07) is 4.30. The molecule has 0 aliphatic rings. The lowest BCUT2D eigenvalue weighted by atomic mass is 10.1. The number of ketones is 1. The first kappa shape index (κ1) is 13.7. The lowest BCUT2D eigenvalue weighted by molar-refractivity contribution is 0.0982. The van der Waals surface area contributed by atoms with Gasteiger partial charge in [0.25, 0.3) is 0 Å². The van der Waals surface area contributed by atoms with Gasteiger partial charge in [-0.05, 0) is 24.6 Å². The maximum absolute atomic E-state index is 13.9. The van der Waals surface area contributed by atoms with E-state index in [1.807, 2.05) is 6.92 Å². The van der Waals surface area contributed by atoms with E-state index >= 15 is 0 Å². The van der Waals surface area contributed by atoms with E-state index in [1.54, 1.807) is 13.0 Å². The number of hydrogen-bond acceptors (Lipinski definition) is 3. The van der Waals surface area contributed by atoms with E-state index < -0.39 is 5.82 Å². The molecule has 0 N–H and O–H groups in total. The summed E-state index contributed by atoms with van der Waals surface area (Å²) in [5.74, 6) is -0.597. The first-order valence-electron chi connectivity index (χ1n) is 6.01. The molecule has 0 saturated carbocycles. The van der Waals surface area contributed by atoms with Crippen molar-refractivity contribution in [3.05, 3.63) is 40.4 Å². The summed E-state index contributed by atoms with van der Waals surface area (Å²) >= 11 is 5.72. The number of halogens is 2. The van der Waals surface area contributed by atoms with Crippen molar-refractivity contribution < 1.29 is 9.18 Å². The van der Waals surface area contributed by atoms with E-state index in [2.05, 4.69) is 10.3 Å². The molecule has 1 aromatic heterocycles. The number of carbonyl (C=O) groups is 1. The molecule has 6 heteroatoms. The monoisotopic (exact) mass is 281 g/mol. The number of nitrogens with zero attached hydrogens (tertiary/aromatic N) is 3. The molecule has 0 fully saturated rings. The third-order valence-corrected chi connectivity index (χ3v) is 3.06. The van der Waals surface area contributed by atoms with Crippen molar-refractivity contribution in [3.8, 4) is 5.69 Å². The van der Waals surface area contributed by atoms with Crippen LogP contribution in [0.15, 0.2) is 18.2 Å². The zero-order valence-corrected chi connectivity index (χ0v) is 11.4. The fraction of sp³-hybridized carbons (Fsp3) is 0.308. The van der Waals surface area contributed by atoms with Crippen LogP contribution in [0.4, 0.5) is 4.39 Å². The maximum Gasteiger partial charge on any atom is 0.184 e. The highest BCUT2D eigenvalue weighted by Crippen LogP contribution is 2.21. The summed E-state index contributed by atoms with van der Waals surface area (Å²) in [5, 5.41) is 8.05. The molecule has 1 heterocycles. The molecule has 100 valence electrons. The number of aromatic nitrogens is 3. The first-order valence-corrected chi connectivity index (χ1v) is 6.39. The van der Waals surface area contributed by atoms with Gasteiger partial charge in [-0.1, -0.05) is 30.7 Å². The van der Waals surface area contributed by atoms with E-state index in [0.717, 1.165) is 0 Å². The number of rotatable bonds is 4. The molecule has 1 aromatic carbocycles. The van der Waals surface area contributed by atoms with E-state index in [0.29, 0.717) is 29.3 Å².